The van der Waals surface area contributed by atoms with Gasteiger partial charge in [0, 0.05) is 23.7 Å². The van der Waals surface area contributed by atoms with Crippen molar-refractivity contribution in [1.82, 2.24) is 9.88 Å². The van der Waals surface area contributed by atoms with E-state index in [1.54, 1.807) is 0 Å². The number of para-hydroxylation sites is 1. The summed E-state index contributed by atoms with van der Waals surface area (Å²) < 4.78 is 5.54. The average molecular weight is 380 g/mol. The molecule has 5 heteroatoms. The number of pyridine rings is 1. The molecule has 0 radical (unpaired) electrons. The van der Waals surface area contributed by atoms with Crippen LogP contribution in [0.15, 0.2) is 24.3 Å². The highest BCUT2D eigenvalue weighted by Crippen LogP contribution is 2.32. The molecule has 1 aromatic heterocycles. The molecular formula is C23H28N2O3. The Hall–Kier alpha value is -2.43. The molecule has 1 fully saturated rings. The van der Waals surface area contributed by atoms with Crippen LogP contribution in [0.2, 0.25) is 0 Å². The largest absolute Gasteiger partial charge is 0.452 e. The second-order valence-corrected chi connectivity index (χ2v) is 8.29. The molecule has 2 aliphatic rings. The fourth-order valence-electron chi connectivity index (χ4n) is 4.55. The van der Waals surface area contributed by atoms with Gasteiger partial charge in [0.25, 0.3) is 5.91 Å². The number of benzene rings is 1. The van der Waals surface area contributed by atoms with Crippen molar-refractivity contribution >= 4 is 22.8 Å². The van der Waals surface area contributed by atoms with Crippen molar-refractivity contribution in [2.75, 3.05) is 13.2 Å². The van der Waals surface area contributed by atoms with E-state index >= 15 is 0 Å². The molecule has 5 nitrogen and oxygen atoms in total. The summed E-state index contributed by atoms with van der Waals surface area (Å²) in [6.07, 6.45) is 5.97. The van der Waals surface area contributed by atoms with E-state index in [2.05, 4.69) is 13.8 Å². The number of amides is 1. The summed E-state index contributed by atoms with van der Waals surface area (Å²) in [5.74, 6) is 0.0148. The summed E-state index contributed by atoms with van der Waals surface area (Å²) in [4.78, 5) is 32.3. The predicted octanol–water partition coefficient (Wildman–Crippen LogP) is 3.92. The van der Waals surface area contributed by atoms with Gasteiger partial charge in [-0.05, 0) is 63.0 Å². The van der Waals surface area contributed by atoms with Crippen LogP contribution in [0.5, 0.6) is 0 Å². The topological polar surface area (TPSA) is 59.5 Å². The van der Waals surface area contributed by atoms with Crippen LogP contribution in [0.4, 0.5) is 0 Å². The second kappa shape index (κ2) is 7.90. The zero-order chi connectivity index (χ0) is 19.7. The number of aryl methyl sites for hydroxylation is 1. The number of carbonyl (C=O) groups excluding carboxylic acids is 2. The maximum absolute atomic E-state index is 13.1. The summed E-state index contributed by atoms with van der Waals surface area (Å²) in [6, 6.07) is 7.93. The molecule has 28 heavy (non-hydrogen) atoms. The average Bonchev–Trinajstić information content (AvgIpc) is 2.70. The molecule has 0 spiro atoms. The van der Waals surface area contributed by atoms with E-state index in [1.807, 2.05) is 29.2 Å². The number of rotatable bonds is 3. The Balaban J connectivity index is 1.60. The Morgan fingerprint density at radius 3 is 2.82 bits per heavy atom. The van der Waals surface area contributed by atoms with E-state index in [0.717, 1.165) is 67.2 Å². The third-order valence-electron chi connectivity index (χ3n) is 6.16. The number of hydrogen-bond acceptors (Lipinski definition) is 4. The Labute approximate surface area is 166 Å². The number of aromatic nitrogens is 1. The molecule has 2 aromatic rings. The molecule has 1 saturated heterocycles. The van der Waals surface area contributed by atoms with Gasteiger partial charge in [-0.3, -0.25) is 9.78 Å². The highest BCUT2D eigenvalue weighted by Gasteiger charge is 2.28. The first-order valence-electron chi connectivity index (χ1n) is 10.4. The molecular weight excluding hydrogens is 352 g/mol. The van der Waals surface area contributed by atoms with Crippen LogP contribution in [0.25, 0.3) is 10.9 Å². The number of ether oxygens (including phenoxy) is 1. The van der Waals surface area contributed by atoms with Crippen molar-refractivity contribution in [1.29, 1.82) is 0 Å². The lowest BCUT2D eigenvalue weighted by Crippen LogP contribution is -2.44. The summed E-state index contributed by atoms with van der Waals surface area (Å²) in [5, 5.41) is 0.819. The van der Waals surface area contributed by atoms with E-state index in [0.29, 0.717) is 11.5 Å². The lowest BCUT2D eigenvalue weighted by atomic mass is 9.84. The summed E-state index contributed by atoms with van der Waals surface area (Å²) >= 11 is 0. The smallest absolute Gasteiger partial charge is 0.339 e. The normalized spacial score (nSPS) is 22.0. The van der Waals surface area contributed by atoms with Crippen LogP contribution in [-0.4, -0.2) is 41.0 Å². The van der Waals surface area contributed by atoms with Gasteiger partial charge < -0.3 is 9.64 Å². The van der Waals surface area contributed by atoms with Crippen LogP contribution in [-0.2, 0) is 22.4 Å². The molecule has 0 N–H and O–H groups in total. The molecule has 1 aliphatic heterocycles. The van der Waals surface area contributed by atoms with E-state index in [1.165, 1.54) is 0 Å². The van der Waals surface area contributed by atoms with Crippen molar-refractivity contribution in [3.8, 4) is 0 Å². The van der Waals surface area contributed by atoms with Gasteiger partial charge in [0.15, 0.2) is 6.61 Å². The van der Waals surface area contributed by atoms with E-state index in [9.17, 15) is 9.59 Å². The van der Waals surface area contributed by atoms with Gasteiger partial charge >= 0.3 is 5.97 Å². The van der Waals surface area contributed by atoms with Gasteiger partial charge in [-0.15, -0.1) is 0 Å². The Morgan fingerprint density at radius 2 is 2.00 bits per heavy atom. The minimum Gasteiger partial charge on any atom is -0.452 e. The van der Waals surface area contributed by atoms with Crippen LogP contribution in [0, 0.1) is 5.92 Å². The summed E-state index contributed by atoms with van der Waals surface area (Å²) in [6.45, 7) is 4.83. The molecule has 148 valence electrons. The number of carbonyl (C=O) groups is 2. The fraction of sp³-hybridized carbons (Fsp3) is 0.522. The fourth-order valence-corrected chi connectivity index (χ4v) is 4.55. The lowest BCUT2D eigenvalue weighted by molar-refractivity contribution is -0.137. The van der Waals surface area contributed by atoms with Crippen molar-refractivity contribution < 1.29 is 14.3 Å². The molecule has 1 amide bonds. The second-order valence-electron chi connectivity index (χ2n) is 8.29. The van der Waals surface area contributed by atoms with Gasteiger partial charge in [-0.2, -0.15) is 0 Å². The maximum Gasteiger partial charge on any atom is 0.339 e. The number of esters is 1. The van der Waals surface area contributed by atoms with Crippen molar-refractivity contribution in [2.45, 2.75) is 58.4 Å². The lowest BCUT2D eigenvalue weighted by Gasteiger charge is -2.33. The first-order chi connectivity index (χ1) is 13.5. The van der Waals surface area contributed by atoms with Gasteiger partial charge in [0.1, 0.15) is 0 Å². The molecule has 0 bridgehead atoms. The van der Waals surface area contributed by atoms with E-state index < -0.39 is 5.97 Å². The van der Waals surface area contributed by atoms with Gasteiger partial charge in [0.2, 0.25) is 0 Å². The van der Waals surface area contributed by atoms with Gasteiger partial charge in [0.05, 0.1) is 11.1 Å². The van der Waals surface area contributed by atoms with Crippen LogP contribution < -0.4 is 0 Å². The van der Waals surface area contributed by atoms with Crippen LogP contribution in [0.3, 0.4) is 0 Å². The predicted molar refractivity (Wildman–Crippen MR) is 108 cm³/mol. The molecule has 4 rings (SSSR count). The first-order valence-corrected chi connectivity index (χ1v) is 10.4. The highest BCUT2D eigenvalue weighted by atomic mass is 16.5. The van der Waals surface area contributed by atoms with Gasteiger partial charge in [-0.1, -0.05) is 25.1 Å². The quantitative estimate of drug-likeness (QED) is 0.758. The third kappa shape index (κ3) is 3.62. The Morgan fingerprint density at radius 1 is 1.18 bits per heavy atom. The molecule has 2 atom stereocenters. The Bertz CT molecular complexity index is 908. The van der Waals surface area contributed by atoms with Crippen LogP contribution >= 0.6 is 0 Å². The minimum absolute atomic E-state index is 0.0962. The molecule has 2 unspecified atom stereocenters. The molecule has 2 heterocycles. The maximum atomic E-state index is 13.1. The number of piperidine rings is 1. The SMILES string of the molecule is CC1CCc2nc3ccccc3c(C(=O)OCC(=O)N3CCCCC3C)c2C1. The standard InChI is InChI=1S/C23H28N2O3/c1-15-10-11-20-18(13-15)22(17-8-3-4-9-19(17)24-20)23(27)28-14-21(26)25-12-6-5-7-16(25)2/h3-4,8-9,15-16H,5-7,10-14H2,1-2H3. The first kappa shape index (κ1) is 18.9. The minimum atomic E-state index is -0.401. The number of hydrogen-bond donors (Lipinski definition) is 0. The van der Waals surface area contributed by atoms with E-state index in [-0.39, 0.29) is 18.6 Å². The zero-order valence-electron chi connectivity index (χ0n) is 16.7. The Kier molecular flexibility index (Phi) is 5.33. The summed E-state index contributed by atoms with van der Waals surface area (Å²) in [7, 11) is 0. The number of nitrogens with zero attached hydrogens (tertiary/aromatic N) is 2. The molecule has 1 aliphatic carbocycles. The van der Waals surface area contributed by atoms with Crippen molar-refractivity contribution in [3.63, 3.8) is 0 Å². The monoisotopic (exact) mass is 380 g/mol. The van der Waals surface area contributed by atoms with Crippen molar-refractivity contribution in [3.05, 3.63) is 41.1 Å². The van der Waals surface area contributed by atoms with Crippen LogP contribution in [0.1, 0.15) is 61.1 Å². The molecule has 1 aromatic carbocycles. The number of fused-ring (bicyclic) bond motifs is 2. The van der Waals surface area contributed by atoms with Crippen molar-refractivity contribution in [2.24, 2.45) is 5.92 Å². The highest BCUT2D eigenvalue weighted by molar-refractivity contribution is 6.05. The third-order valence-corrected chi connectivity index (χ3v) is 6.16. The zero-order valence-corrected chi connectivity index (χ0v) is 16.7. The van der Waals surface area contributed by atoms with E-state index in [4.69, 9.17) is 9.72 Å². The number of likely N-dealkylation sites (tertiary alicyclic amines) is 1. The molecule has 0 saturated carbocycles. The summed E-state index contributed by atoms with van der Waals surface area (Å²) in [5.41, 5.74) is 3.42. The van der Waals surface area contributed by atoms with Gasteiger partial charge in [-0.25, -0.2) is 4.79 Å².